The number of hydrogen-bond acceptors (Lipinski definition) is 4. The molecule has 0 aromatic heterocycles. The molecule has 1 aliphatic heterocycles. The number of ether oxygens (including phenoxy) is 3. The average Bonchev–Trinajstić information content (AvgIpc) is 2.99. The number of amides is 1. The zero-order chi connectivity index (χ0) is 20.1. The Balaban J connectivity index is 1.70. The quantitative estimate of drug-likeness (QED) is 0.501. The number of carbonyl (C=O) groups excluding carboxylic acids is 1. The molecule has 1 heterocycles. The third-order valence-electron chi connectivity index (χ3n) is 4.16. The van der Waals surface area contributed by atoms with E-state index in [9.17, 15) is 13.6 Å². The van der Waals surface area contributed by atoms with Gasteiger partial charge in [0, 0.05) is 13.1 Å². The molecule has 28 heavy (non-hydrogen) atoms. The summed E-state index contributed by atoms with van der Waals surface area (Å²) >= 11 is 0. The highest BCUT2D eigenvalue weighted by Crippen LogP contribution is 2.41. The van der Waals surface area contributed by atoms with E-state index in [0.717, 1.165) is 12.8 Å². The number of nitrogens with zero attached hydrogens (tertiary/aromatic N) is 1. The van der Waals surface area contributed by atoms with Crippen LogP contribution in [0.25, 0.3) is 6.08 Å². The van der Waals surface area contributed by atoms with E-state index in [2.05, 4.69) is 16.4 Å². The molecule has 0 saturated heterocycles. The molecule has 5 nitrogen and oxygen atoms in total. The molecule has 0 spiro atoms. The summed E-state index contributed by atoms with van der Waals surface area (Å²) < 4.78 is 40.7. The van der Waals surface area contributed by atoms with E-state index in [0.29, 0.717) is 23.6 Å². The summed E-state index contributed by atoms with van der Waals surface area (Å²) in [4.78, 5) is 14.0. The number of halogens is 2. The van der Waals surface area contributed by atoms with Gasteiger partial charge in [0.1, 0.15) is 5.75 Å². The second-order valence-corrected chi connectivity index (χ2v) is 6.27. The van der Waals surface area contributed by atoms with Crippen LogP contribution in [-0.4, -0.2) is 25.9 Å². The zero-order valence-electron chi connectivity index (χ0n) is 15.7. The number of likely N-dealkylation sites (N-methyl/N-ethyl adjacent to an activating group) is 1. The van der Waals surface area contributed by atoms with Crippen molar-refractivity contribution in [2.24, 2.45) is 0 Å². The third-order valence-corrected chi connectivity index (χ3v) is 4.16. The van der Waals surface area contributed by atoms with Crippen molar-refractivity contribution in [3.63, 3.8) is 0 Å². The van der Waals surface area contributed by atoms with Crippen LogP contribution in [-0.2, 0) is 4.79 Å². The summed E-state index contributed by atoms with van der Waals surface area (Å²) in [6, 6.07) is 11.6. The molecule has 0 saturated carbocycles. The SMILES string of the molecule is CCCCOc1ccccc1N(C)C(=O)/C=C/c1ccc2c(c1)OC(F)(F)O2. The number of carbonyl (C=O) groups is 1. The highest BCUT2D eigenvalue weighted by Gasteiger charge is 2.43. The number of fused-ring (bicyclic) bond motifs is 1. The lowest BCUT2D eigenvalue weighted by Crippen LogP contribution is -2.25. The van der Waals surface area contributed by atoms with Gasteiger partial charge in [-0.2, -0.15) is 0 Å². The van der Waals surface area contributed by atoms with Gasteiger partial charge >= 0.3 is 6.29 Å². The van der Waals surface area contributed by atoms with Crippen LogP contribution in [0.15, 0.2) is 48.5 Å². The van der Waals surface area contributed by atoms with E-state index in [-0.39, 0.29) is 17.4 Å². The van der Waals surface area contributed by atoms with Gasteiger partial charge in [-0.25, -0.2) is 0 Å². The van der Waals surface area contributed by atoms with Crippen molar-refractivity contribution in [3.8, 4) is 17.2 Å². The average molecular weight is 389 g/mol. The van der Waals surface area contributed by atoms with Gasteiger partial charge in [0.25, 0.3) is 5.91 Å². The van der Waals surface area contributed by atoms with Gasteiger partial charge in [0.15, 0.2) is 11.5 Å². The molecule has 0 atom stereocenters. The first kappa shape index (κ1) is 19.7. The van der Waals surface area contributed by atoms with Gasteiger partial charge in [-0.15, -0.1) is 8.78 Å². The number of rotatable bonds is 7. The minimum absolute atomic E-state index is 0.0382. The molecule has 0 unspecified atom stereocenters. The van der Waals surface area contributed by atoms with Crippen molar-refractivity contribution in [2.75, 3.05) is 18.6 Å². The fourth-order valence-corrected chi connectivity index (χ4v) is 2.65. The fourth-order valence-electron chi connectivity index (χ4n) is 2.65. The smallest absolute Gasteiger partial charge is 0.491 e. The number of benzene rings is 2. The summed E-state index contributed by atoms with van der Waals surface area (Å²) in [7, 11) is 1.65. The van der Waals surface area contributed by atoms with Crippen LogP contribution in [0.4, 0.5) is 14.5 Å². The number of unbranched alkanes of at least 4 members (excludes halogenated alkanes) is 1. The third kappa shape index (κ3) is 4.60. The van der Waals surface area contributed by atoms with Crippen LogP contribution in [0, 0.1) is 0 Å². The van der Waals surface area contributed by atoms with Crippen LogP contribution in [0.3, 0.4) is 0 Å². The Labute approximate surface area is 162 Å². The second kappa shape index (κ2) is 8.29. The molecule has 0 bridgehead atoms. The van der Waals surface area contributed by atoms with Crippen molar-refractivity contribution in [1.82, 2.24) is 0 Å². The molecule has 148 valence electrons. The number of alkyl halides is 2. The van der Waals surface area contributed by atoms with Crippen LogP contribution < -0.4 is 19.1 Å². The molecule has 3 rings (SSSR count). The Kier molecular flexibility index (Phi) is 5.82. The van der Waals surface area contributed by atoms with Crippen molar-refractivity contribution >= 4 is 17.7 Å². The molecular weight excluding hydrogens is 368 g/mol. The summed E-state index contributed by atoms with van der Waals surface area (Å²) in [5.41, 5.74) is 1.19. The van der Waals surface area contributed by atoms with Gasteiger partial charge in [-0.05, 0) is 42.3 Å². The van der Waals surface area contributed by atoms with E-state index < -0.39 is 6.29 Å². The Morgan fingerprint density at radius 3 is 2.71 bits per heavy atom. The molecular formula is C21H21F2NO4. The van der Waals surface area contributed by atoms with E-state index in [1.165, 1.54) is 29.2 Å². The molecule has 1 aliphatic rings. The van der Waals surface area contributed by atoms with Crippen LogP contribution in [0.2, 0.25) is 0 Å². The lowest BCUT2D eigenvalue weighted by Gasteiger charge is -2.19. The Bertz CT molecular complexity index is 882. The maximum atomic E-state index is 13.1. The first-order chi connectivity index (χ1) is 13.4. The molecule has 0 N–H and O–H groups in total. The van der Waals surface area contributed by atoms with Crippen molar-refractivity contribution in [2.45, 2.75) is 26.1 Å². The van der Waals surface area contributed by atoms with Gasteiger partial charge in [-0.3, -0.25) is 4.79 Å². The molecule has 0 fully saturated rings. The van der Waals surface area contributed by atoms with Crippen molar-refractivity contribution in [1.29, 1.82) is 0 Å². The maximum absolute atomic E-state index is 13.1. The van der Waals surface area contributed by atoms with Gasteiger partial charge in [0.05, 0.1) is 12.3 Å². The lowest BCUT2D eigenvalue weighted by atomic mass is 10.2. The molecule has 0 aliphatic carbocycles. The normalized spacial score (nSPS) is 14.3. The predicted octanol–water partition coefficient (Wildman–Crippen LogP) is 4.86. The Morgan fingerprint density at radius 2 is 1.93 bits per heavy atom. The highest BCUT2D eigenvalue weighted by molar-refractivity contribution is 6.04. The molecule has 2 aromatic rings. The van der Waals surface area contributed by atoms with Crippen molar-refractivity contribution in [3.05, 3.63) is 54.1 Å². The molecule has 7 heteroatoms. The van der Waals surface area contributed by atoms with E-state index in [1.54, 1.807) is 19.2 Å². The number of anilines is 1. The summed E-state index contributed by atoms with van der Waals surface area (Å²) in [5.74, 6) is 0.242. The second-order valence-electron chi connectivity index (χ2n) is 6.27. The Morgan fingerprint density at radius 1 is 1.18 bits per heavy atom. The van der Waals surface area contributed by atoms with Crippen LogP contribution in [0.1, 0.15) is 25.3 Å². The molecule has 1 amide bonds. The topological polar surface area (TPSA) is 48.0 Å². The van der Waals surface area contributed by atoms with Gasteiger partial charge in [-0.1, -0.05) is 31.5 Å². The van der Waals surface area contributed by atoms with Gasteiger partial charge < -0.3 is 19.1 Å². The lowest BCUT2D eigenvalue weighted by molar-refractivity contribution is -0.286. The predicted molar refractivity (Wildman–Crippen MR) is 102 cm³/mol. The fraction of sp³-hybridized carbons (Fsp3) is 0.286. The first-order valence-corrected chi connectivity index (χ1v) is 8.97. The number of hydrogen-bond donors (Lipinski definition) is 0. The molecule has 0 radical (unpaired) electrons. The minimum Gasteiger partial charge on any atom is -0.491 e. The van der Waals surface area contributed by atoms with E-state index in [4.69, 9.17) is 4.74 Å². The van der Waals surface area contributed by atoms with Crippen LogP contribution in [0.5, 0.6) is 17.2 Å². The van der Waals surface area contributed by atoms with E-state index in [1.807, 2.05) is 18.2 Å². The maximum Gasteiger partial charge on any atom is 0.586 e. The molecule has 2 aromatic carbocycles. The number of para-hydroxylation sites is 2. The first-order valence-electron chi connectivity index (χ1n) is 8.97. The van der Waals surface area contributed by atoms with Crippen molar-refractivity contribution < 1.29 is 27.8 Å². The largest absolute Gasteiger partial charge is 0.586 e. The summed E-state index contributed by atoms with van der Waals surface area (Å²) in [5, 5.41) is 0. The summed E-state index contributed by atoms with van der Waals surface area (Å²) in [6.45, 7) is 2.65. The zero-order valence-corrected chi connectivity index (χ0v) is 15.7. The van der Waals surface area contributed by atoms with E-state index >= 15 is 0 Å². The highest BCUT2D eigenvalue weighted by atomic mass is 19.3. The Hall–Kier alpha value is -3.09. The van der Waals surface area contributed by atoms with Gasteiger partial charge in [0.2, 0.25) is 0 Å². The van der Waals surface area contributed by atoms with Crippen LogP contribution >= 0.6 is 0 Å². The summed E-state index contributed by atoms with van der Waals surface area (Å²) in [6.07, 6.45) is 1.16. The standard InChI is InChI=1S/C21H21F2NO4/c1-3-4-13-26-17-8-6-5-7-16(17)24(2)20(25)12-10-15-9-11-18-19(14-15)28-21(22,23)27-18/h5-12,14H,3-4,13H2,1-2H3/b12-10+. The monoisotopic (exact) mass is 389 g/mol. The minimum atomic E-state index is -3.66.